The van der Waals surface area contributed by atoms with Crippen LogP contribution >= 0.6 is 0 Å². The maximum atomic E-state index is 11.5. The largest absolute Gasteiger partial charge is 0.468 e. The quantitative estimate of drug-likeness (QED) is 0.647. The molecule has 0 spiro atoms. The van der Waals surface area contributed by atoms with Crippen molar-refractivity contribution in [1.29, 1.82) is 0 Å². The van der Waals surface area contributed by atoms with Crippen molar-refractivity contribution in [3.05, 3.63) is 23.9 Å². The van der Waals surface area contributed by atoms with Gasteiger partial charge in [0.2, 0.25) is 5.91 Å². The maximum absolute atomic E-state index is 11.5. The third kappa shape index (κ3) is 5.80. The molecule has 20 heavy (non-hydrogen) atoms. The molecular formula is C12H16N4O4. The molecular weight excluding hydrogens is 264 g/mol. The van der Waals surface area contributed by atoms with Crippen molar-refractivity contribution in [3.63, 3.8) is 0 Å². The second kappa shape index (κ2) is 7.72. The highest BCUT2D eigenvalue weighted by molar-refractivity contribution is 5.92. The van der Waals surface area contributed by atoms with Gasteiger partial charge in [0.15, 0.2) is 0 Å². The molecule has 0 aromatic carbocycles. The van der Waals surface area contributed by atoms with Gasteiger partial charge in [0.05, 0.1) is 13.7 Å². The Morgan fingerprint density at radius 1 is 1.20 bits per heavy atom. The Hall–Kier alpha value is -2.64. The van der Waals surface area contributed by atoms with Crippen LogP contribution in [0.3, 0.4) is 0 Å². The summed E-state index contributed by atoms with van der Waals surface area (Å²) in [5.41, 5.74) is 0.763. The summed E-state index contributed by atoms with van der Waals surface area (Å²) in [5, 5.41) is 7.11. The number of aromatic nitrogens is 1. The van der Waals surface area contributed by atoms with Gasteiger partial charge in [-0.2, -0.15) is 0 Å². The summed E-state index contributed by atoms with van der Waals surface area (Å²) in [6.07, 6.45) is 0. The highest BCUT2D eigenvalue weighted by Gasteiger charge is 2.07. The summed E-state index contributed by atoms with van der Waals surface area (Å²) < 4.78 is 4.35. The number of anilines is 1. The number of pyridine rings is 1. The Kier molecular flexibility index (Phi) is 5.95. The second-order valence-corrected chi connectivity index (χ2v) is 3.82. The number of hydrogen-bond acceptors (Lipinski definition) is 5. The average molecular weight is 280 g/mol. The molecule has 3 N–H and O–H groups in total. The van der Waals surface area contributed by atoms with E-state index in [4.69, 9.17) is 0 Å². The molecule has 1 heterocycles. The van der Waals surface area contributed by atoms with Gasteiger partial charge < -0.3 is 15.4 Å². The van der Waals surface area contributed by atoms with Crippen molar-refractivity contribution in [2.75, 3.05) is 25.5 Å². The molecule has 0 unspecified atom stereocenters. The number of esters is 1. The van der Waals surface area contributed by atoms with Crippen LogP contribution in [-0.2, 0) is 14.3 Å². The van der Waals surface area contributed by atoms with Gasteiger partial charge in [-0.1, -0.05) is 6.07 Å². The van der Waals surface area contributed by atoms with E-state index < -0.39 is 17.9 Å². The Balaban J connectivity index is 2.29. The fourth-order valence-electron chi connectivity index (χ4n) is 1.24. The standard InChI is InChI=1S/C12H16N4O4/c1-8-4-3-5-9(15-8)16-12(19)14-6-10(17)13-7-11(18)20-2/h3-5H,6-7H2,1-2H3,(H,13,17)(H2,14,15,16,19). The van der Waals surface area contributed by atoms with Crippen LogP contribution in [-0.4, -0.2) is 43.1 Å². The van der Waals surface area contributed by atoms with Gasteiger partial charge in [0.25, 0.3) is 0 Å². The van der Waals surface area contributed by atoms with Crippen LogP contribution in [0.4, 0.5) is 10.6 Å². The van der Waals surface area contributed by atoms with Crippen LogP contribution in [0.25, 0.3) is 0 Å². The molecule has 0 aliphatic heterocycles. The lowest BCUT2D eigenvalue weighted by atomic mass is 10.4. The first-order chi connectivity index (χ1) is 9.51. The Morgan fingerprint density at radius 3 is 2.60 bits per heavy atom. The first-order valence-corrected chi connectivity index (χ1v) is 5.83. The summed E-state index contributed by atoms with van der Waals surface area (Å²) in [6, 6.07) is 4.62. The van der Waals surface area contributed by atoms with Gasteiger partial charge in [-0.15, -0.1) is 0 Å². The van der Waals surface area contributed by atoms with Crippen molar-refractivity contribution < 1.29 is 19.1 Å². The van der Waals surface area contributed by atoms with Crippen molar-refractivity contribution >= 4 is 23.7 Å². The van der Waals surface area contributed by atoms with E-state index in [1.54, 1.807) is 25.1 Å². The molecule has 0 atom stereocenters. The van der Waals surface area contributed by atoms with E-state index in [2.05, 4.69) is 25.7 Å². The molecule has 8 nitrogen and oxygen atoms in total. The SMILES string of the molecule is COC(=O)CNC(=O)CNC(=O)Nc1cccc(C)n1. The van der Waals surface area contributed by atoms with Gasteiger partial charge in [-0.3, -0.25) is 14.9 Å². The zero-order valence-electron chi connectivity index (χ0n) is 11.2. The number of carbonyl (C=O) groups excluding carboxylic acids is 3. The molecule has 0 saturated heterocycles. The minimum atomic E-state index is -0.563. The first-order valence-electron chi connectivity index (χ1n) is 5.83. The lowest BCUT2D eigenvalue weighted by Crippen LogP contribution is -2.40. The lowest BCUT2D eigenvalue weighted by molar-refractivity contribution is -0.141. The molecule has 0 aliphatic rings. The molecule has 1 aromatic rings. The molecule has 3 amide bonds. The van der Waals surface area contributed by atoms with Crippen LogP contribution in [0, 0.1) is 6.92 Å². The van der Waals surface area contributed by atoms with E-state index in [1.807, 2.05) is 0 Å². The lowest BCUT2D eigenvalue weighted by Gasteiger charge is -2.07. The zero-order valence-corrected chi connectivity index (χ0v) is 11.2. The number of urea groups is 1. The summed E-state index contributed by atoms with van der Waals surface area (Å²) in [4.78, 5) is 37.6. The number of hydrogen-bond donors (Lipinski definition) is 3. The molecule has 0 radical (unpaired) electrons. The van der Waals surface area contributed by atoms with E-state index in [0.29, 0.717) is 5.82 Å². The van der Waals surface area contributed by atoms with Gasteiger partial charge in [-0.05, 0) is 19.1 Å². The fourth-order valence-corrected chi connectivity index (χ4v) is 1.24. The van der Waals surface area contributed by atoms with Crippen LogP contribution < -0.4 is 16.0 Å². The number of nitrogens with one attached hydrogen (secondary N) is 3. The minimum absolute atomic E-state index is 0.238. The Bertz CT molecular complexity index is 504. The summed E-state index contributed by atoms with van der Waals surface area (Å²) >= 11 is 0. The van der Waals surface area contributed by atoms with Crippen molar-refractivity contribution in [3.8, 4) is 0 Å². The fraction of sp³-hybridized carbons (Fsp3) is 0.333. The molecule has 8 heteroatoms. The highest BCUT2D eigenvalue weighted by Crippen LogP contribution is 2.02. The molecule has 108 valence electrons. The van der Waals surface area contributed by atoms with Crippen LogP contribution in [0.15, 0.2) is 18.2 Å². The number of rotatable bonds is 5. The van der Waals surface area contributed by atoms with Crippen LogP contribution in [0.2, 0.25) is 0 Å². The van der Waals surface area contributed by atoms with Crippen molar-refractivity contribution in [2.45, 2.75) is 6.92 Å². The van der Waals surface area contributed by atoms with Gasteiger partial charge >= 0.3 is 12.0 Å². The number of methoxy groups -OCH3 is 1. The van der Waals surface area contributed by atoms with Crippen LogP contribution in [0.5, 0.6) is 0 Å². The Labute approximate surface area is 115 Å². The maximum Gasteiger partial charge on any atom is 0.325 e. The monoisotopic (exact) mass is 280 g/mol. The molecule has 0 fully saturated rings. The van der Waals surface area contributed by atoms with Gasteiger partial charge in [-0.25, -0.2) is 9.78 Å². The summed E-state index contributed by atoms with van der Waals surface area (Å²) in [5.74, 6) is -0.674. The number of aryl methyl sites for hydroxylation is 1. The number of ether oxygens (including phenoxy) is 1. The third-order valence-electron chi connectivity index (χ3n) is 2.20. The molecule has 0 bridgehead atoms. The van der Waals surface area contributed by atoms with E-state index >= 15 is 0 Å². The molecule has 0 aliphatic carbocycles. The molecule has 1 rings (SSSR count). The van der Waals surface area contributed by atoms with E-state index in [-0.39, 0.29) is 13.1 Å². The normalized spacial score (nSPS) is 9.50. The summed E-state index contributed by atoms with van der Waals surface area (Å²) in [7, 11) is 1.22. The number of amides is 3. The smallest absolute Gasteiger partial charge is 0.325 e. The van der Waals surface area contributed by atoms with Crippen LogP contribution in [0.1, 0.15) is 5.69 Å². The highest BCUT2D eigenvalue weighted by atomic mass is 16.5. The molecule has 1 aromatic heterocycles. The van der Waals surface area contributed by atoms with Crippen molar-refractivity contribution in [2.24, 2.45) is 0 Å². The average Bonchev–Trinajstić information content (AvgIpc) is 2.42. The zero-order chi connectivity index (χ0) is 15.0. The van der Waals surface area contributed by atoms with E-state index in [1.165, 1.54) is 7.11 Å². The second-order valence-electron chi connectivity index (χ2n) is 3.82. The van der Waals surface area contributed by atoms with E-state index in [9.17, 15) is 14.4 Å². The van der Waals surface area contributed by atoms with Gasteiger partial charge in [0, 0.05) is 5.69 Å². The minimum Gasteiger partial charge on any atom is -0.468 e. The molecule has 0 saturated carbocycles. The van der Waals surface area contributed by atoms with Gasteiger partial charge in [0.1, 0.15) is 12.4 Å². The third-order valence-corrected chi connectivity index (χ3v) is 2.20. The number of nitrogens with zero attached hydrogens (tertiary/aromatic N) is 1. The predicted octanol–water partition coefficient (Wildman–Crippen LogP) is -0.199. The number of carbonyl (C=O) groups is 3. The topological polar surface area (TPSA) is 109 Å². The van der Waals surface area contributed by atoms with Crippen molar-refractivity contribution in [1.82, 2.24) is 15.6 Å². The first kappa shape index (κ1) is 15.4. The van der Waals surface area contributed by atoms with E-state index in [0.717, 1.165) is 5.69 Å². The Morgan fingerprint density at radius 2 is 1.95 bits per heavy atom. The summed E-state index contributed by atoms with van der Waals surface area (Å²) in [6.45, 7) is 1.30. The predicted molar refractivity (Wildman–Crippen MR) is 71.0 cm³/mol.